The number of hydrogen-bond donors (Lipinski definition) is 7. The lowest BCUT2D eigenvalue weighted by molar-refractivity contribution is -0.293. The third-order valence-corrected chi connectivity index (χ3v) is 2.90. The Kier molecular flexibility index (Phi) is 5.21. The van der Waals surface area contributed by atoms with Gasteiger partial charge < -0.3 is 40.1 Å². The van der Waals surface area contributed by atoms with E-state index >= 15 is 0 Å². The van der Waals surface area contributed by atoms with Gasteiger partial charge in [-0.1, -0.05) is 0 Å². The van der Waals surface area contributed by atoms with E-state index in [0.29, 0.717) is 0 Å². The quantitative estimate of drug-likeness (QED) is 0.254. The van der Waals surface area contributed by atoms with Gasteiger partial charge in [0.25, 0.3) is 0 Å². The normalized spacial score (nSPS) is 39.6. The van der Waals surface area contributed by atoms with Gasteiger partial charge in [-0.2, -0.15) is 0 Å². The largest absolute Gasteiger partial charge is 0.472 e. The molecule has 1 fully saturated rings. The van der Waals surface area contributed by atoms with Crippen molar-refractivity contribution in [3.8, 4) is 0 Å². The summed E-state index contributed by atoms with van der Waals surface area (Å²) in [7, 11) is -5.00. The zero-order valence-electron chi connectivity index (χ0n) is 8.97. The monoisotopic (exact) mass is 290 g/mol. The molecule has 11 heteroatoms. The minimum absolute atomic E-state index is 0.826. The highest BCUT2D eigenvalue weighted by molar-refractivity contribution is 7.46. The molecule has 0 aliphatic carbocycles. The predicted octanol–water partition coefficient (Wildman–Crippen LogP) is -3.74. The van der Waals surface area contributed by atoms with E-state index in [1.54, 1.807) is 0 Å². The topological polar surface area (TPSA) is 177 Å². The van der Waals surface area contributed by atoms with Crippen LogP contribution in [0.2, 0.25) is 0 Å². The van der Waals surface area contributed by atoms with Crippen molar-refractivity contribution in [2.75, 3.05) is 6.61 Å². The molecule has 1 saturated heterocycles. The Labute approximate surface area is 101 Å². The number of hydrogen-bond acceptors (Lipinski definition) is 8. The average Bonchev–Trinajstić information content (AvgIpc) is 2.27. The van der Waals surface area contributed by atoms with E-state index in [1.165, 1.54) is 0 Å². The molecule has 1 rings (SSSR count). The summed E-state index contributed by atoms with van der Waals surface area (Å²) in [6, 6.07) is 0. The van der Waals surface area contributed by atoms with Gasteiger partial charge in [0.05, 0.1) is 6.61 Å². The van der Waals surface area contributed by atoms with Gasteiger partial charge in [-0.25, -0.2) is 4.57 Å². The van der Waals surface area contributed by atoms with Crippen LogP contribution in [0.3, 0.4) is 0 Å². The summed E-state index contributed by atoms with van der Waals surface area (Å²) in [5.74, 6) is 0. The maximum absolute atomic E-state index is 10.6. The SMILES string of the molecule is O=P(O)(O)OC1O[C@H]([C@H](O)CO)[C@@H](O)[C@H](O)[C@@H]1O. The Morgan fingerprint density at radius 2 is 1.72 bits per heavy atom. The number of rotatable bonds is 4. The highest BCUT2D eigenvalue weighted by Crippen LogP contribution is 2.40. The number of aliphatic hydroxyl groups excluding tert-OH is 5. The van der Waals surface area contributed by atoms with Crippen LogP contribution in [0, 0.1) is 0 Å². The lowest BCUT2D eigenvalue weighted by atomic mass is 9.96. The summed E-state index contributed by atoms with van der Waals surface area (Å²) in [6.45, 7) is -0.826. The second kappa shape index (κ2) is 5.88. The molecule has 0 saturated carbocycles. The average molecular weight is 290 g/mol. The standard InChI is InChI=1S/C7H15O10P/c8-1-2(9)6-4(11)3(10)5(12)7(16-6)17-18(13,14)15/h2-12H,1H2,(H2,13,14,15)/t2-,3+,4+,5+,6-,7?/m1/s1. The highest BCUT2D eigenvalue weighted by Gasteiger charge is 2.48. The van der Waals surface area contributed by atoms with E-state index in [4.69, 9.17) is 19.6 Å². The van der Waals surface area contributed by atoms with Crippen molar-refractivity contribution in [2.45, 2.75) is 36.8 Å². The molecule has 0 radical (unpaired) electrons. The van der Waals surface area contributed by atoms with Gasteiger partial charge in [0, 0.05) is 0 Å². The maximum Gasteiger partial charge on any atom is 0.472 e. The van der Waals surface area contributed by atoms with E-state index in [0.717, 1.165) is 0 Å². The summed E-state index contributed by atoms with van der Waals surface area (Å²) in [6.07, 6.45) is -10.7. The van der Waals surface area contributed by atoms with Gasteiger partial charge in [-0.05, 0) is 0 Å². The van der Waals surface area contributed by atoms with Crippen molar-refractivity contribution < 1.29 is 49.1 Å². The molecule has 1 unspecified atom stereocenters. The Morgan fingerprint density at radius 1 is 1.17 bits per heavy atom. The molecule has 0 aromatic rings. The zero-order chi connectivity index (χ0) is 14.1. The molecule has 1 aliphatic heterocycles. The Bertz CT molecular complexity index is 317. The molecular weight excluding hydrogens is 275 g/mol. The van der Waals surface area contributed by atoms with E-state index in [-0.39, 0.29) is 0 Å². The molecular formula is C7H15O10P. The van der Waals surface area contributed by atoms with Gasteiger partial charge in [-0.3, -0.25) is 4.52 Å². The molecule has 18 heavy (non-hydrogen) atoms. The van der Waals surface area contributed by atoms with Crippen molar-refractivity contribution in [3.05, 3.63) is 0 Å². The van der Waals surface area contributed by atoms with Gasteiger partial charge in [-0.15, -0.1) is 0 Å². The minimum Gasteiger partial charge on any atom is -0.394 e. The zero-order valence-corrected chi connectivity index (χ0v) is 9.87. The molecule has 0 aromatic carbocycles. The fraction of sp³-hybridized carbons (Fsp3) is 1.00. The van der Waals surface area contributed by atoms with Crippen LogP contribution in [0.1, 0.15) is 0 Å². The van der Waals surface area contributed by atoms with Crippen LogP contribution in [0.25, 0.3) is 0 Å². The third-order valence-electron chi connectivity index (χ3n) is 2.41. The third kappa shape index (κ3) is 3.68. The Hall–Kier alpha value is -0.130. The van der Waals surface area contributed by atoms with Crippen LogP contribution in [0.5, 0.6) is 0 Å². The fourth-order valence-corrected chi connectivity index (χ4v) is 1.96. The van der Waals surface area contributed by atoms with Crippen LogP contribution in [-0.2, 0) is 13.8 Å². The first kappa shape index (κ1) is 15.9. The first-order valence-electron chi connectivity index (χ1n) is 4.90. The Balaban J connectivity index is 2.84. The molecule has 7 N–H and O–H groups in total. The van der Waals surface area contributed by atoms with Crippen molar-refractivity contribution in [3.63, 3.8) is 0 Å². The molecule has 1 aliphatic rings. The summed E-state index contributed by atoms with van der Waals surface area (Å²) in [5, 5.41) is 46.3. The molecule has 0 spiro atoms. The first-order valence-corrected chi connectivity index (χ1v) is 6.43. The molecule has 6 atom stereocenters. The van der Waals surface area contributed by atoms with E-state index in [1.807, 2.05) is 0 Å². The number of aliphatic hydroxyl groups is 5. The lowest BCUT2D eigenvalue weighted by Gasteiger charge is -2.41. The van der Waals surface area contributed by atoms with Crippen molar-refractivity contribution in [2.24, 2.45) is 0 Å². The van der Waals surface area contributed by atoms with Crippen LogP contribution in [-0.4, -0.2) is 78.7 Å². The second-order valence-corrected chi connectivity index (χ2v) is 4.98. The Morgan fingerprint density at radius 3 is 2.17 bits per heavy atom. The van der Waals surface area contributed by atoms with Crippen molar-refractivity contribution in [1.82, 2.24) is 0 Å². The fourth-order valence-electron chi connectivity index (χ4n) is 1.52. The molecule has 1 heterocycles. The van der Waals surface area contributed by atoms with Gasteiger partial charge in [0.2, 0.25) is 0 Å². The lowest BCUT2D eigenvalue weighted by Crippen LogP contribution is -2.61. The number of ether oxygens (including phenoxy) is 1. The minimum atomic E-state index is -5.00. The summed E-state index contributed by atoms with van der Waals surface area (Å²) >= 11 is 0. The van der Waals surface area contributed by atoms with Crippen LogP contribution in [0.15, 0.2) is 0 Å². The second-order valence-electron chi connectivity index (χ2n) is 3.79. The maximum atomic E-state index is 10.6. The molecule has 10 nitrogen and oxygen atoms in total. The summed E-state index contributed by atoms with van der Waals surface area (Å²) in [5.41, 5.74) is 0. The number of phosphoric ester groups is 1. The molecule has 108 valence electrons. The van der Waals surface area contributed by atoms with E-state index < -0.39 is 51.2 Å². The van der Waals surface area contributed by atoms with Crippen LogP contribution < -0.4 is 0 Å². The van der Waals surface area contributed by atoms with Crippen molar-refractivity contribution in [1.29, 1.82) is 0 Å². The summed E-state index contributed by atoms with van der Waals surface area (Å²) < 4.78 is 19.4. The van der Waals surface area contributed by atoms with Gasteiger partial charge in [0.1, 0.15) is 30.5 Å². The summed E-state index contributed by atoms with van der Waals surface area (Å²) in [4.78, 5) is 17.1. The molecule has 0 aromatic heterocycles. The smallest absolute Gasteiger partial charge is 0.394 e. The number of phosphoric acid groups is 1. The van der Waals surface area contributed by atoms with E-state index in [9.17, 15) is 25.0 Å². The molecule has 0 bridgehead atoms. The highest BCUT2D eigenvalue weighted by atomic mass is 31.2. The van der Waals surface area contributed by atoms with Crippen molar-refractivity contribution >= 4 is 7.82 Å². The van der Waals surface area contributed by atoms with Crippen LogP contribution in [0.4, 0.5) is 0 Å². The van der Waals surface area contributed by atoms with E-state index in [2.05, 4.69) is 4.52 Å². The van der Waals surface area contributed by atoms with Crippen LogP contribution >= 0.6 is 7.82 Å². The van der Waals surface area contributed by atoms with Gasteiger partial charge in [0.15, 0.2) is 6.29 Å². The predicted molar refractivity (Wildman–Crippen MR) is 52.9 cm³/mol. The molecule has 0 amide bonds. The first-order chi connectivity index (χ1) is 8.17. The van der Waals surface area contributed by atoms with Gasteiger partial charge >= 0.3 is 7.82 Å².